The van der Waals surface area contributed by atoms with Crippen molar-refractivity contribution in [3.05, 3.63) is 22.3 Å². The van der Waals surface area contributed by atoms with E-state index >= 15 is 0 Å². The van der Waals surface area contributed by atoms with Gasteiger partial charge in [-0.15, -0.1) is 0 Å². The van der Waals surface area contributed by atoms with Crippen molar-refractivity contribution in [1.82, 2.24) is 4.98 Å². The number of nitrogens with zero attached hydrogens (tertiary/aromatic N) is 1. The van der Waals surface area contributed by atoms with Crippen LogP contribution in [-0.2, 0) is 14.0 Å². The van der Waals surface area contributed by atoms with Crippen LogP contribution in [0.15, 0.2) is 6.07 Å². The lowest BCUT2D eigenvalue weighted by molar-refractivity contribution is 0.00578. The summed E-state index contributed by atoms with van der Waals surface area (Å²) in [5, 5.41) is 1.80. The molecule has 6 heteroatoms. The molecule has 2 aliphatic rings. The number of pyridine rings is 1. The van der Waals surface area contributed by atoms with E-state index in [-0.39, 0.29) is 0 Å². The van der Waals surface area contributed by atoms with E-state index in [2.05, 4.69) is 11.1 Å². The maximum Gasteiger partial charge on any atom is 0.495 e. The average molecular weight is 329 g/mol. The highest BCUT2D eigenvalue weighted by atomic mass is 16.7. The molecular weight excluding hydrogens is 305 g/mol. The zero-order valence-electron chi connectivity index (χ0n) is 15.0. The molecule has 0 atom stereocenters. The molecule has 5 nitrogen and oxygen atoms in total. The quantitative estimate of drug-likeness (QED) is 0.610. The van der Waals surface area contributed by atoms with Crippen LogP contribution in [-0.4, -0.2) is 35.9 Å². The van der Waals surface area contributed by atoms with E-state index in [1.807, 2.05) is 33.8 Å². The minimum Gasteiger partial charge on any atom is -0.461 e. The fourth-order valence-corrected chi connectivity index (χ4v) is 2.90. The summed E-state index contributed by atoms with van der Waals surface area (Å²) in [6.45, 7) is 10.2. The monoisotopic (exact) mass is 329 g/mol. The SMILES string of the molecule is CCOC(=O)c1cc(B2OC(C)(C)C(C)(C)O2)c2c(n1)=CCCC=2. The number of fused-ring (bicyclic) bond motifs is 1. The predicted octanol–water partition coefficient (Wildman–Crippen LogP) is 0.912. The summed E-state index contributed by atoms with van der Waals surface area (Å²) in [5.41, 5.74) is 0.275. The number of carbonyl (C=O) groups excluding carboxylic acids is 1. The van der Waals surface area contributed by atoms with Crippen molar-refractivity contribution in [2.45, 2.75) is 58.7 Å². The molecule has 1 aliphatic carbocycles. The van der Waals surface area contributed by atoms with Gasteiger partial charge in [-0.05, 0) is 64.2 Å². The highest BCUT2D eigenvalue weighted by Crippen LogP contribution is 2.36. The first-order chi connectivity index (χ1) is 11.2. The van der Waals surface area contributed by atoms with Crippen molar-refractivity contribution in [2.75, 3.05) is 6.61 Å². The van der Waals surface area contributed by atoms with Gasteiger partial charge in [0.2, 0.25) is 0 Å². The first-order valence-corrected chi connectivity index (χ1v) is 8.49. The highest BCUT2D eigenvalue weighted by Gasteiger charge is 2.52. The fourth-order valence-electron chi connectivity index (χ4n) is 2.90. The summed E-state index contributed by atoms with van der Waals surface area (Å²) < 4.78 is 17.5. The van der Waals surface area contributed by atoms with E-state index < -0.39 is 24.3 Å². The molecule has 1 aromatic heterocycles. The Labute approximate surface area is 142 Å². The Bertz CT molecular complexity index is 769. The second kappa shape index (κ2) is 6.01. The zero-order valence-corrected chi connectivity index (χ0v) is 15.0. The molecule has 0 N–H and O–H groups in total. The van der Waals surface area contributed by atoms with Gasteiger partial charge in [-0.2, -0.15) is 0 Å². The smallest absolute Gasteiger partial charge is 0.461 e. The normalized spacial score (nSPS) is 20.8. The van der Waals surface area contributed by atoms with Crippen LogP contribution in [0.2, 0.25) is 0 Å². The molecule has 128 valence electrons. The third-order valence-electron chi connectivity index (χ3n) is 4.96. The van der Waals surface area contributed by atoms with Crippen LogP contribution in [0.3, 0.4) is 0 Å². The minimum atomic E-state index is -0.525. The Hall–Kier alpha value is -1.66. The van der Waals surface area contributed by atoms with Crippen LogP contribution in [0.4, 0.5) is 0 Å². The Balaban J connectivity index is 2.11. The van der Waals surface area contributed by atoms with Gasteiger partial charge in [-0.25, -0.2) is 9.78 Å². The molecule has 1 aliphatic heterocycles. The third-order valence-corrected chi connectivity index (χ3v) is 4.96. The van der Waals surface area contributed by atoms with E-state index in [0.29, 0.717) is 12.3 Å². The van der Waals surface area contributed by atoms with E-state index in [1.165, 1.54) is 0 Å². The molecule has 0 unspecified atom stereocenters. The lowest BCUT2D eigenvalue weighted by Gasteiger charge is -2.32. The van der Waals surface area contributed by atoms with Crippen molar-refractivity contribution in [3.63, 3.8) is 0 Å². The van der Waals surface area contributed by atoms with Crippen LogP contribution in [0.5, 0.6) is 0 Å². The number of rotatable bonds is 3. The van der Waals surface area contributed by atoms with E-state index in [4.69, 9.17) is 14.0 Å². The molecule has 2 heterocycles. The molecule has 24 heavy (non-hydrogen) atoms. The lowest BCUT2D eigenvalue weighted by Crippen LogP contribution is -2.52. The van der Waals surface area contributed by atoms with Crippen molar-refractivity contribution < 1.29 is 18.8 Å². The van der Waals surface area contributed by atoms with Crippen LogP contribution in [0.25, 0.3) is 12.2 Å². The molecule has 0 aromatic carbocycles. The third kappa shape index (κ3) is 2.89. The minimum absolute atomic E-state index is 0.298. The van der Waals surface area contributed by atoms with Crippen LogP contribution >= 0.6 is 0 Å². The highest BCUT2D eigenvalue weighted by molar-refractivity contribution is 6.62. The molecule has 0 saturated carbocycles. The molecule has 0 radical (unpaired) electrons. The average Bonchev–Trinajstić information content (AvgIpc) is 2.74. The van der Waals surface area contributed by atoms with Gasteiger partial charge in [0.05, 0.1) is 23.2 Å². The zero-order chi connectivity index (χ0) is 17.5. The Morgan fingerprint density at radius 2 is 1.83 bits per heavy atom. The first kappa shape index (κ1) is 17.2. The predicted molar refractivity (Wildman–Crippen MR) is 93.3 cm³/mol. The number of hydrogen-bond acceptors (Lipinski definition) is 5. The van der Waals surface area contributed by atoms with Gasteiger partial charge < -0.3 is 14.0 Å². The summed E-state index contributed by atoms with van der Waals surface area (Å²) in [4.78, 5) is 16.6. The van der Waals surface area contributed by atoms with E-state index in [0.717, 1.165) is 28.9 Å². The van der Waals surface area contributed by atoms with Gasteiger partial charge in [0.1, 0.15) is 5.69 Å². The topological polar surface area (TPSA) is 57.7 Å². The summed E-state index contributed by atoms with van der Waals surface area (Å²) in [7, 11) is -0.525. The van der Waals surface area contributed by atoms with Gasteiger partial charge in [-0.1, -0.05) is 12.2 Å². The van der Waals surface area contributed by atoms with Gasteiger partial charge in [0.25, 0.3) is 0 Å². The second-order valence-corrected chi connectivity index (χ2v) is 7.19. The number of esters is 1. The van der Waals surface area contributed by atoms with Gasteiger partial charge in [-0.3, -0.25) is 0 Å². The maximum absolute atomic E-state index is 12.2. The summed E-state index contributed by atoms with van der Waals surface area (Å²) in [5.74, 6) is -0.419. The maximum atomic E-state index is 12.2. The Morgan fingerprint density at radius 1 is 1.21 bits per heavy atom. The second-order valence-electron chi connectivity index (χ2n) is 7.19. The van der Waals surface area contributed by atoms with Crippen LogP contribution < -0.4 is 16.0 Å². The largest absolute Gasteiger partial charge is 0.495 e. The van der Waals surface area contributed by atoms with Crippen LogP contribution in [0, 0.1) is 0 Å². The standard InChI is InChI=1S/C18H24BNO4/c1-6-22-16(21)15-11-13(12-9-7-8-10-14(12)20-15)19-23-17(2,3)18(4,5)24-19/h9-11H,6-8H2,1-5H3. The van der Waals surface area contributed by atoms with Crippen molar-refractivity contribution in [2.24, 2.45) is 0 Å². The summed E-state index contributed by atoms with van der Waals surface area (Å²) >= 11 is 0. The molecule has 0 spiro atoms. The summed E-state index contributed by atoms with van der Waals surface area (Å²) in [6, 6.07) is 1.74. The molecule has 1 fully saturated rings. The van der Waals surface area contributed by atoms with Gasteiger partial charge in [0.15, 0.2) is 0 Å². The fraction of sp³-hybridized carbons (Fsp3) is 0.556. The Kier molecular flexibility index (Phi) is 4.30. The molecule has 1 saturated heterocycles. The lowest BCUT2D eigenvalue weighted by atomic mass is 9.77. The summed E-state index contributed by atoms with van der Waals surface area (Å²) in [6.07, 6.45) is 6.04. The number of hydrogen-bond donors (Lipinski definition) is 0. The number of carbonyl (C=O) groups is 1. The van der Waals surface area contributed by atoms with Gasteiger partial charge in [0, 0.05) is 0 Å². The van der Waals surface area contributed by atoms with Crippen molar-refractivity contribution in [1.29, 1.82) is 0 Å². The van der Waals surface area contributed by atoms with E-state index in [1.54, 1.807) is 13.0 Å². The van der Waals surface area contributed by atoms with Gasteiger partial charge >= 0.3 is 13.1 Å². The molecular formula is C18H24BNO4. The Morgan fingerprint density at radius 3 is 2.46 bits per heavy atom. The van der Waals surface area contributed by atoms with E-state index in [9.17, 15) is 4.79 Å². The first-order valence-electron chi connectivity index (χ1n) is 8.49. The molecule has 0 bridgehead atoms. The number of ether oxygens (including phenoxy) is 1. The van der Waals surface area contributed by atoms with Crippen molar-refractivity contribution >= 4 is 30.7 Å². The molecule has 1 aromatic rings. The molecule has 0 amide bonds. The van der Waals surface area contributed by atoms with Crippen LogP contribution in [0.1, 0.15) is 57.9 Å². The number of aromatic nitrogens is 1. The van der Waals surface area contributed by atoms with Crippen molar-refractivity contribution in [3.8, 4) is 0 Å². The molecule has 3 rings (SSSR count).